The molecule has 0 bridgehead atoms. The number of nitrogens with one attached hydrogen (secondary N) is 1. The molecule has 9 nitrogen and oxygen atoms in total. The van der Waals surface area contributed by atoms with Crippen molar-refractivity contribution in [3.8, 4) is 0 Å². The Morgan fingerprint density at radius 2 is 2.00 bits per heavy atom. The number of amides is 2. The Bertz CT molecular complexity index is 780. The maximum absolute atomic E-state index is 12.6. The van der Waals surface area contributed by atoms with Crippen molar-refractivity contribution < 1.29 is 19.2 Å². The molecule has 9 heteroatoms. The van der Waals surface area contributed by atoms with Crippen molar-refractivity contribution in [1.29, 1.82) is 0 Å². The van der Waals surface area contributed by atoms with Crippen LogP contribution in [0.3, 0.4) is 0 Å². The fourth-order valence-electron chi connectivity index (χ4n) is 2.29. The molecular weight excluding hydrogens is 352 g/mol. The Labute approximate surface area is 156 Å². The summed E-state index contributed by atoms with van der Waals surface area (Å²) in [5.41, 5.74) is 1.15. The molecule has 2 aromatic rings. The van der Waals surface area contributed by atoms with Gasteiger partial charge in [-0.25, -0.2) is 4.79 Å². The van der Waals surface area contributed by atoms with E-state index in [1.807, 2.05) is 6.07 Å². The number of nitro groups is 1. The zero-order valence-corrected chi connectivity index (χ0v) is 14.8. The molecule has 0 saturated carbocycles. The molecule has 27 heavy (non-hydrogen) atoms. The number of nitro benzene ring substituents is 1. The van der Waals surface area contributed by atoms with Crippen LogP contribution >= 0.6 is 0 Å². The van der Waals surface area contributed by atoms with Crippen LogP contribution in [-0.4, -0.2) is 40.0 Å². The summed E-state index contributed by atoms with van der Waals surface area (Å²) in [6.45, 7) is 2.40. The fourth-order valence-corrected chi connectivity index (χ4v) is 2.29. The third-order valence-electron chi connectivity index (χ3n) is 3.60. The molecule has 0 aliphatic heterocycles. The Kier molecular flexibility index (Phi) is 7.24. The van der Waals surface area contributed by atoms with Gasteiger partial charge in [0.05, 0.1) is 18.0 Å². The lowest BCUT2D eigenvalue weighted by molar-refractivity contribution is -0.384. The summed E-state index contributed by atoms with van der Waals surface area (Å²) >= 11 is 0. The molecule has 1 aromatic heterocycles. The van der Waals surface area contributed by atoms with E-state index in [0.717, 1.165) is 5.56 Å². The van der Waals surface area contributed by atoms with Gasteiger partial charge in [0, 0.05) is 43.3 Å². The number of non-ortho nitro benzene ring substituents is 1. The zero-order chi connectivity index (χ0) is 19.6. The van der Waals surface area contributed by atoms with Gasteiger partial charge < -0.3 is 15.0 Å². The average Bonchev–Trinajstić information content (AvgIpc) is 2.66. The number of esters is 1. The average molecular weight is 372 g/mol. The van der Waals surface area contributed by atoms with Gasteiger partial charge in [-0.05, 0) is 30.7 Å². The predicted molar refractivity (Wildman–Crippen MR) is 98.0 cm³/mol. The van der Waals surface area contributed by atoms with Crippen LogP contribution in [0.5, 0.6) is 0 Å². The van der Waals surface area contributed by atoms with Gasteiger partial charge in [-0.15, -0.1) is 0 Å². The number of carbonyl (C=O) groups excluding carboxylic acids is 2. The van der Waals surface area contributed by atoms with Crippen molar-refractivity contribution in [2.45, 2.75) is 19.9 Å². The number of benzene rings is 1. The Balaban J connectivity index is 2.06. The first-order valence-electron chi connectivity index (χ1n) is 8.34. The Morgan fingerprint density at radius 3 is 2.59 bits per heavy atom. The van der Waals surface area contributed by atoms with Crippen molar-refractivity contribution in [2.75, 3.05) is 18.5 Å². The van der Waals surface area contributed by atoms with Gasteiger partial charge in [0.15, 0.2) is 0 Å². The highest BCUT2D eigenvalue weighted by molar-refractivity contribution is 5.89. The second kappa shape index (κ2) is 9.85. The Morgan fingerprint density at radius 1 is 1.26 bits per heavy atom. The smallest absolute Gasteiger partial charge is 0.322 e. The molecule has 2 rings (SSSR count). The highest BCUT2D eigenvalue weighted by Crippen LogP contribution is 2.16. The normalized spacial score (nSPS) is 10.1. The zero-order valence-electron chi connectivity index (χ0n) is 14.8. The summed E-state index contributed by atoms with van der Waals surface area (Å²) in [6, 6.07) is 8.65. The SMILES string of the molecule is CCOC(=O)CCN(Cc1cccnc1)C(=O)Nc1ccc([N+](=O)[O-])cc1. The number of hydrogen-bond donors (Lipinski definition) is 1. The Hall–Kier alpha value is -3.49. The number of rotatable bonds is 8. The van der Waals surface area contributed by atoms with Crippen molar-refractivity contribution in [3.63, 3.8) is 0 Å². The van der Waals surface area contributed by atoms with E-state index in [-0.39, 0.29) is 31.8 Å². The first-order chi connectivity index (χ1) is 13.0. The maximum atomic E-state index is 12.6. The molecule has 0 fully saturated rings. The van der Waals surface area contributed by atoms with Crippen LogP contribution in [0.2, 0.25) is 0 Å². The lowest BCUT2D eigenvalue weighted by Crippen LogP contribution is -2.36. The summed E-state index contributed by atoms with van der Waals surface area (Å²) in [7, 11) is 0. The fraction of sp³-hybridized carbons (Fsp3) is 0.278. The quantitative estimate of drug-likeness (QED) is 0.433. The summed E-state index contributed by atoms with van der Waals surface area (Å²) in [4.78, 5) is 39.9. The lowest BCUT2D eigenvalue weighted by Gasteiger charge is -2.23. The first-order valence-corrected chi connectivity index (χ1v) is 8.34. The highest BCUT2D eigenvalue weighted by Gasteiger charge is 2.17. The number of aromatic nitrogens is 1. The lowest BCUT2D eigenvalue weighted by atomic mass is 10.2. The minimum absolute atomic E-state index is 0.0573. The molecule has 0 radical (unpaired) electrons. The molecular formula is C18H20N4O5. The second-order valence-electron chi connectivity index (χ2n) is 5.57. The van der Waals surface area contributed by atoms with Crippen molar-refractivity contribution >= 4 is 23.4 Å². The molecule has 0 aliphatic carbocycles. The summed E-state index contributed by atoms with van der Waals surface area (Å²) < 4.78 is 4.90. The van der Waals surface area contributed by atoms with E-state index in [0.29, 0.717) is 5.69 Å². The number of anilines is 1. The largest absolute Gasteiger partial charge is 0.466 e. The molecule has 1 aromatic carbocycles. The van der Waals surface area contributed by atoms with E-state index in [1.54, 1.807) is 25.4 Å². The van der Waals surface area contributed by atoms with E-state index in [9.17, 15) is 19.7 Å². The number of urea groups is 1. The summed E-state index contributed by atoms with van der Waals surface area (Å²) in [5.74, 6) is -0.392. The van der Waals surface area contributed by atoms with E-state index in [2.05, 4.69) is 10.3 Å². The predicted octanol–water partition coefficient (Wildman–Crippen LogP) is 2.98. The molecule has 0 aliphatic rings. The third-order valence-corrected chi connectivity index (χ3v) is 3.60. The molecule has 0 spiro atoms. The van der Waals surface area contributed by atoms with Crippen LogP contribution < -0.4 is 5.32 Å². The molecule has 0 unspecified atom stereocenters. The molecule has 0 saturated heterocycles. The maximum Gasteiger partial charge on any atom is 0.322 e. The molecule has 142 valence electrons. The van der Waals surface area contributed by atoms with E-state index < -0.39 is 16.9 Å². The monoisotopic (exact) mass is 372 g/mol. The topological polar surface area (TPSA) is 115 Å². The van der Waals surface area contributed by atoms with Crippen LogP contribution in [0.25, 0.3) is 0 Å². The molecule has 1 heterocycles. The van der Waals surface area contributed by atoms with Crippen molar-refractivity contribution in [1.82, 2.24) is 9.88 Å². The van der Waals surface area contributed by atoms with Gasteiger partial charge in [0.2, 0.25) is 0 Å². The third kappa shape index (κ3) is 6.38. The van der Waals surface area contributed by atoms with Crippen LogP contribution in [-0.2, 0) is 16.1 Å². The minimum Gasteiger partial charge on any atom is -0.466 e. The number of nitrogens with zero attached hydrogens (tertiary/aromatic N) is 3. The van der Waals surface area contributed by atoms with Crippen LogP contribution in [0, 0.1) is 10.1 Å². The van der Waals surface area contributed by atoms with Crippen molar-refractivity contribution in [2.24, 2.45) is 0 Å². The van der Waals surface area contributed by atoms with Gasteiger partial charge >= 0.3 is 12.0 Å². The van der Waals surface area contributed by atoms with Gasteiger partial charge in [-0.1, -0.05) is 6.07 Å². The summed E-state index contributed by atoms with van der Waals surface area (Å²) in [5, 5.41) is 13.4. The van der Waals surface area contributed by atoms with Gasteiger partial charge in [0.25, 0.3) is 5.69 Å². The van der Waals surface area contributed by atoms with Crippen LogP contribution in [0.15, 0.2) is 48.8 Å². The number of pyridine rings is 1. The van der Waals surface area contributed by atoms with Gasteiger partial charge in [-0.3, -0.25) is 19.9 Å². The standard InChI is InChI=1S/C18H20N4O5/c1-2-27-17(23)9-11-21(13-14-4-3-10-19-12-14)18(24)20-15-5-7-16(8-6-15)22(25)26/h3-8,10,12H,2,9,11,13H2,1H3,(H,20,24). The second-order valence-corrected chi connectivity index (χ2v) is 5.57. The summed E-state index contributed by atoms with van der Waals surface area (Å²) in [6.07, 6.45) is 3.32. The number of hydrogen-bond acceptors (Lipinski definition) is 6. The molecule has 2 amide bonds. The van der Waals surface area contributed by atoms with E-state index >= 15 is 0 Å². The van der Waals surface area contributed by atoms with Gasteiger partial charge in [0.1, 0.15) is 0 Å². The number of carbonyl (C=O) groups is 2. The van der Waals surface area contributed by atoms with E-state index in [1.165, 1.54) is 29.2 Å². The van der Waals surface area contributed by atoms with Crippen LogP contribution in [0.1, 0.15) is 18.9 Å². The molecule has 1 N–H and O–H groups in total. The first kappa shape index (κ1) is 19.8. The highest BCUT2D eigenvalue weighted by atomic mass is 16.6. The van der Waals surface area contributed by atoms with E-state index in [4.69, 9.17) is 4.74 Å². The molecule has 0 atom stereocenters. The van der Waals surface area contributed by atoms with Crippen LogP contribution in [0.4, 0.5) is 16.2 Å². The number of ether oxygens (including phenoxy) is 1. The minimum atomic E-state index is -0.514. The van der Waals surface area contributed by atoms with Gasteiger partial charge in [-0.2, -0.15) is 0 Å². The van der Waals surface area contributed by atoms with Crippen molar-refractivity contribution in [3.05, 3.63) is 64.5 Å².